The van der Waals surface area contributed by atoms with Gasteiger partial charge in [0.25, 0.3) is 0 Å². The molecular formula is C13H23N. The largest absolute Gasteiger partial charge is 0.311 e. The third-order valence-corrected chi connectivity index (χ3v) is 3.76. The van der Waals surface area contributed by atoms with E-state index in [4.69, 9.17) is 0 Å². The molecule has 1 unspecified atom stereocenters. The maximum atomic E-state index is 3.83. The van der Waals surface area contributed by atoms with Gasteiger partial charge in [-0.2, -0.15) is 0 Å². The molecule has 2 aliphatic rings. The van der Waals surface area contributed by atoms with Crippen LogP contribution in [-0.4, -0.2) is 12.1 Å². The fourth-order valence-electron chi connectivity index (χ4n) is 2.71. The highest BCUT2D eigenvalue weighted by Crippen LogP contribution is 2.24. The standard InChI is InChI=1S/C13H23N/c1-11-7-9-13(10-8-11)14-12-5-3-2-4-6-12/h2-3,11-14H,4-10H2,1H3. The first kappa shape index (κ1) is 10.2. The molecule has 0 heterocycles. The van der Waals surface area contributed by atoms with E-state index >= 15 is 0 Å². The summed E-state index contributed by atoms with van der Waals surface area (Å²) in [7, 11) is 0. The molecule has 0 radical (unpaired) electrons. The van der Waals surface area contributed by atoms with Crippen LogP contribution < -0.4 is 5.32 Å². The fraction of sp³-hybridized carbons (Fsp3) is 0.846. The smallest absolute Gasteiger partial charge is 0.0107 e. The van der Waals surface area contributed by atoms with E-state index in [1.54, 1.807) is 0 Å². The Hall–Kier alpha value is -0.300. The lowest BCUT2D eigenvalue weighted by Gasteiger charge is -2.31. The Morgan fingerprint density at radius 3 is 2.36 bits per heavy atom. The average molecular weight is 193 g/mol. The van der Waals surface area contributed by atoms with Gasteiger partial charge in [-0.1, -0.05) is 19.1 Å². The topological polar surface area (TPSA) is 12.0 Å². The molecule has 80 valence electrons. The van der Waals surface area contributed by atoms with Crippen molar-refractivity contribution < 1.29 is 0 Å². The van der Waals surface area contributed by atoms with Crippen LogP contribution in [-0.2, 0) is 0 Å². The number of hydrogen-bond donors (Lipinski definition) is 1. The van der Waals surface area contributed by atoms with Crippen LogP contribution in [0.4, 0.5) is 0 Å². The Labute approximate surface area is 88.0 Å². The van der Waals surface area contributed by atoms with Gasteiger partial charge in [0.15, 0.2) is 0 Å². The van der Waals surface area contributed by atoms with Crippen molar-refractivity contribution in [2.75, 3.05) is 0 Å². The average Bonchev–Trinajstić information content (AvgIpc) is 2.23. The Morgan fingerprint density at radius 2 is 1.71 bits per heavy atom. The van der Waals surface area contributed by atoms with E-state index in [1.165, 1.54) is 44.9 Å². The fourth-order valence-corrected chi connectivity index (χ4v) is 2.71. The second-order valence-electron chi connectivity index (χ2n) is 5.10. The molecule has 1 nitrogen and oxygen atoms in total. The van der Waals surface area contributed by atoms with Crippen LogP contribution in [0.15, 0.2) is 12.2 Å². The quantitative estimate of drug-likeness (QED) is 0.664. The number of nitrogens with one attached hydrogen (secondary N) is 1. The second-order valence-corrected chi connectivity index (χ2v) is 5.10. The summed E-state index contributed by atoms with van der Waals surface area (Å²) in [4.78, 5) is 0. The number of hydrogen-bond acceptors (Lipinski definition) is 1. The maximum absolute atomic E-state index is 3.83. The molecule has 0 aromatic carbocycles. The van der Waals surface area contributed by atoms with Gasteiger partial charge in [-0.05, 0) is 50.9 Å². The van der Waals surface area contributed by atoms with E-state index in [2.05, 4.69) is 24.4 Å². The van der Waals surface area contributed by atoms with Crippen LogP contribution >= 0.6 is 0 Å². The lowest BCUT2D eigenvalue weighted by Crippen LogP contribution is -2.40. The van der Waals surface area contributed by atoms with Gasteiger partial charge in [-0.25, -0.2) is 0 Å². The first-order valence-corrected chi connectivity index (χ1v) is 6.25. The predicted octanol–water partition coefficient (Wildman–Crippen LogP) is 3.26. The summed E-state index contributed by atoms with van der Waals surface area (Å²) in [5.41, 5.74) is 0. The third kappa shape index (κ3) is 2.84. The molecule has 2 rings (SSSR count). The van der Waals surface area contributed by atoms with Gasteiger partial charge in [-0.15, -0.1) is 0 Å². The Kier molecular flexibility index (Phi) is 3.63. The van der Waals surface area contributed by atoms with Crippen molar-refractivity contribution in [3.8, 4) is 0 Å². The minimum absolute atomic E-state index is 0.776. The Balaban J connectivity index is 1.72. The Morgan fingerprint density at radius 1 is 0.929 bits per heavy atom. The molecule has 14 heavy (non-hydrogen) atoms. The summed E-state index contributed by atoms with van der Waals surface area (Å²) in [6, 6.07) is 1.60. The molecule has 1 saturated carbocycles. The minimum atomic E-state index is 0.776. The highest BCUT2D eigenvalue weighted by molar-refractivity contribution is 4.94. The second kappa shape index (κ2) is 4.97. The summed E-state index contributed by atoms with van der Waals surface area (Å²) < 4.78 is 0. The summed E-state index contributed by atoms with van der Waals surface area (Å²) in [6.07, 6.45) is 14.2. The molecule has 1 atom stereocenters. The van der Waals surface area contributed by atoms with Crippen molar-refractivity contribution >= 4 is 0 Å². The van der Waals surface area contributed by atoms with Crippen LogP contribution in [0.5, 0.6) is 0 Å². The number of rotatable bonds is 2. The van der Waals surface area contributed by atoms with Crippen molar-refractivity contribution in [2.24, 2.45) is 5.92 Å². The monoisotopic (exact) mass is 193 g/mol. The molecule has 2 aliphatic carbocycles. The summed E-state index contributed by atoms with van der Waals surface area (Å²) in [6.45, 7) is 2.39. The molecule has 0 bridgehead atoms. The zero-order chi connectivity index (χ0) is 9.80. The molecule has 1 fully saturated rings. The number of allylic oxidation sites excluding steroid dienone is 1. The highest BCUT2D eigenvalue weighted by atomic mass is 14.9. The zero-order valence-corrected chi connectivity index (χ0v) is 9.34. The van der Waals surface area contributed by atoms with Crippen molar-refractivity contribution in [2.45, 2.75) is 64.0 Å². The molecule has 0 amide bonds. The van der Waals surface area contributed by atoms with Gasteiger partial charge < -0.3 is 5.32 Å². The predicted molar refractivity (Wildman–Crippen MR) is 61.3 cm³/mol. The molecule has 0 aliphatic heterocycles. The zero-order valence-electron chi connectivity index (χ0n) is 9.34. The van der Waals surface area contributed by atoms with Crippen LogP contribution in [0, 0.1) is 5.92 Å². The van der Waals surface area contributed by atoms with E-state index in [0.29, 0.717) is 0 Å². The SMILES string of the molecule is CC1CCC(NC2CC=CCC2)CC1. The van der Waals surface area contributed by atoms with Crippen molar-refractivity contribution in [3.63, 3.8) is 0 Å². The molecular weight excluding hydrogens is 170 g/mol. The van der Waals surface area contributed by atoms with Gasteiger partial charge in [0.1, 0.15) is 0 Å². The minimum Gasteiger partial charge on any atom is -0.311 e. The molecule has 0 aromatic heterocycles. The van der Waals surface area contributed by atoms with Crippen LogP contribution in [0.25, 0.3) is 0 Å². The van der Waals surface area contributed by atoms with Crippen molar-refractivity contribution in [3.05, 3.63) is 12.2 Å². The van der Waals surface area contributed by atoms with Crippen LogP contribution in [0.2, 0.25) is 0 Å². The third-order valence-electron chi connectivity index (χ3n) is 3.76. The first-order valence-electron chi connectivity index (χ1n) is 6.25. The molecule has 0 aromatic rings. The van der Waals surface area contributed by atoms with Crippen molar-refractivity contribution in [1.82, 2.24) is 5.32 Å². The lowest BCUT2D eigenvalue weighted by molar-refractivity contribution is 0.280. The first-order chi connectivity index (χ1) is 6.84. The molecule has 0 spiro atoms. The molecule has 0 saturated heterocycles. The highest BCUT2D eigenvalue weighted by Gasteiger charge is 2.20. The van der Waals surface area contributed by atoms with Gasteiger partial charge in [-0.3, -0.25) is 0 Å². The van der Waals surface area contributed by atoms with Gasteiger partial charge in [0.05, 0.1) is 0 Å². The van der Waals surface area contributed by atoms with Crippen LogP contribution in [0.3, 0.4) is 0 Å². The Bertz CT molecular complexity index is 189. The lowest BCUT2D eigenvalue weighted by atomic mass is 9.86. The van der Waals surface area contributed by atoms with Gasteiger partial charge >= 0.3 is 0 Å². The van der Waals surface area contributed by atoms with E-state index in [9.17, 15) is 0 Å². The van der Waals surface area contributed by atoms with Gasteiger partial charge in [0, 0.05) is 12.1 Å². The van der Waals surface area contributed by atoms with Crippen molar-refractivity contribution in [1.29, 1.82) is 0 Å². The summed E-state index contributed by atoms with van der Waals surface area (Å²) in [5, 5.41) is 3.83. The normalized spacial score (nSPS) is 38.5. The van der Waals surface area contributed by atoms with Crippen LogP contribution in [0.1, 0.15) is 51.9 Å². The van der Waals surface area contributed by atoms with E-state index in [1.807, 2.05) is 0 Å². The van der Waals surface area contributed by atoms with E-state index in [0.717, 1.165) is 18.0 Å². The summed E-state index contributed by atoms with van der Waals surface area (Å²) in [5.74, 6) is 0.972. The van der Waals surface area contributed by atoms with E-state index in [-0.39, 0.29) is 0 Å². The molecule has 1 N–H and O–H groups in total. The van der Waals surface area contributed by atoms with Gasteiger partial charge in [0.2, 0.25) is 0 Å². The molecule has 1 heteroatoms. The maximum Gasteiger partial charge on any atom is 0.0107 e. The van der Waals surface area contributed by atoms with E-state index < -0.39 is 0 Å². The summed E-state index contributed by atoms with van der Waals surface area (Å²) >= 11 is 0.